The zero-order valence-corrected chi connectivity index (χ0v) is 17.8. The summed E-state index contributed by atoms with van der Waals surface area (Å²) < 4.78 is 6.46. The van der Waals surface area contributed by atoms with Gasteiger partial charge in [-0.2, -0.15) is 0 Å². The molecule has 0 saturated carbocycles. The van der Waals surface area contributed by atoms with Gasteiger partial charge >= 0.3 is 6.03 Å². The van der Waals surface area contributed by atoms with Gasteiger partial charge in [-0.15, -0.1) is 0 Å². The number of nitrogens with zero attached hydrogens (tertiary/aromatic N) is 4. The predicted octanol–water partition coefficient (Wildman–Crippen LogP) is 5.22. The van der Waals surface area contributed by atoms with Crippen molar-refractivity contribution in [1.82, 2.24) is 19.9 Å². The fourth-order valence-electron chi connectivity index (χ4n) is 2.78. The zero-order chi connectivity index (χ0) is 21.3. The minimum Gasteiger partial charge on any atom is -0.495 e. The van der Waals surface area contributed by atoms with Crippen molar-refractivity contribution in [1.29, 1.82) is 0 Å². The Labute approximate surface area is 186 Å². The molecule has 11 heteroatoms. The first-order valence-electron chi connectivity index (χ1n) is 8.56. The highest BCUT2D eigenvalue weighted by Crippen LogP contribution is 2.32. The Balaban J connectivity index is 1.64. The number of aromatic amines is 1. The Kier molecular flexibility index (Phi) is 5.67. The maximum absolute atomic E-state index is 12.7. The molecule has 30 heavy (non-hydrogen) atoms. The molecule has 0 radical (unpaired) electrons. The maximum atomic E-state index is 12.7. The van der Waals surface area contributed by atoms with Crippen molar-refractivity contribution < 1.29 is 9.53 Å². The number of anilines is 2. The molecule has 0 saturated heterocycles. The summed E-state index contributed by atoms with van der Waals surface area (Å²) in [6.07, 6.45) is 3.14. The van der Waals surface area contributed by atoms with Crippen LogP contribution in [0.5, 0.6) is 5.75 Å². The van der Waals surface area contributed by atoms with Crippen LogP contribution in [0, 0.1) is 0 Å². The highest BCUT2D eigenvalue weighted by Gasteiger charge is 2.17. The van der Waals surface area contributed by atoms with Gasteiger partial charge in [0, 0.05) is 28.0 Å². The van der Waals surface area contributed by atoms with E-state index < -0.39 is 6.03 Å². The molecule has 0 spiro atoms. The first-order chi connectivity index (χ1) is 14.4. The summed E-state index contributed by atoms with van der Waals surface area (Å²) in [5.74, 6) is 1.02. The molecule has 2 N–H and O–H groups in total. The van der Waals surface area contributed by atoms with Crippen LogP contribution in [-0.2, 0) is 0 Å². The standard InChI is InChI=1S/C19H14Cl2N6O2S/c1-29-15-3-2-10(16-25-17-18(26-16)23-5-4-22-17)6-14(15)24-19(28)27(30)13-8-11(20)7-12(21)9-13/h2-9,30H,1H3,(H,24,28)(H,22,23,25,26). The fourth-order valence-corrected chi connectivity index (χ4v) is 3.46. The van der Waals surface area contributed by atoms with E-state index in [1.807, 2.05) is 0 Å². The van der Waals surface area contributed by atoms with Gasteiger partial charge in [0.25, 0.3) is 0 Å². The number of urea groups is 1. The number of hydrogen-bond acceptors (Lipinski definition) is 6. The molecule has 152 valence electrons. The minimum absolute atomic E-state index is 0.385. The van der Waals surface area contributed by atoms with Crippen LogP contribution in [0.25, 0.3) is 22.7 Å². The normalized spacial score (nSPS) is 10.8. The van der Waals surface area contributed by atoms with E-state index in [1.165, 1.54) is 7.11 Å². The molecular formula is C19H14Cl2N6O2S. The lowest BCUT2D eigenvalue weighted by Gasteiger charge is -2.18. The van der Waals surface area contributed by atoms with E-state index in [-0.39, 0.29) is 0 Å². The van der Waals surface area contributed by atoms with Crippen molar-refractivity contribution in [3.8, 4) is 17.1 Å². The molecule has 0 aliphatic carbocycles. The second kappa shape index (κ2) is 8.39. The molecule has 2 aromatic heterocycles. The Morgan fingerprint density at radius 3 is 2.57 bits per heavy atom. The summed E-state index contributed by atoms with van der Waals surface area (Å²) in [5.41, 5.74) is 2.61. The number of halogens is 2. The third-order valence-electron chi connectivity index (χ3n) is 4.13. The zero-order valence-electron chi connectivity index (χ0n) is 15.4. The molecule has 0 unspecified atom stereocenters. The summed E-state index contributed by atoms with van der Waals surface area (Å²) in [5, 5.41) is 3.54. The van der Waals surface area contributed by atoms with Gasteiger partial charge in [0.2, 0.25) is 0 Å². The van der Waals surface area contributed by atoms with Gasteiger partial charge < -0.3 is 15.0 Å². The number of imidazole rings is 1. The predicted molar refractivity (Wildman–Crippen MR) is 121 cm³/mol. The number of carbonyl (C=O) groups is 1. The van der Waals surface area contributed by atoms with Crippen molar-refractivity contribution in [2.75, 3.05) is 16.7 Å². The lowest BCUT2D eigenvalue weighted by atomic mass is 10.1. The van der Waals surface area contributed by atoms with Crippen LogP contribution in [0.3, 0.4) is 0 Å². The number of ether oxygens (including phenoxy) is 1. The van der Waals surface area contributed by atoms with Crippen LogP contribution in [0.4, 0.5) is 16.2 Å². The first-order valence-corrected chi connectivity index (χ1v) is 9.71. The molecule has 0 fully saturated rings. The number of thiol groups is 1. The smallest absolute Gasteiger partial charge is 0.336 e. The molecule has 0 bridgehead atoms. The third kappa shape index (κ3) is 4.13. The van der Waals surface area contributed by atoms with Gasteiger partial charge in [-0.1, -0.05) is 36.0 Å². The van der Waals surface area contributed by atoms with Crippen LogP contribution >= 0.6 is 36.0 Å². The SMILES string of the molecule is COc1ccc(-c2nc3nccnc3[nH]2)cc1NC(=O)N(S)c1cc(Cl)cc(Cl)c1. The summed E-state index contributed by atoms with van der Waals surface area (Å²) in [4.78, 5) is 28.6. The molecule has 0 aliphatic rings. The van der Waals surface area contributed by atoms with Crippen molar-refractivity contribution >= 4 is 64.7 Å². The van der Waals surface area contributed by atoms with Crippen molar-refractivity contribution in [2.24, 2.45) is 0 Å². The summed E-state index contributed by atoms with van der Waals surface area (Å²) in [7, 11) is 1.51. The third-order valence-corrected chi connectivity index (χ3v) is 4.98. The molecule has 2 heterocycles. The number of aromatic nitrogens is 4. The van der Waals surface area contributed by atoms with Crippen LogP contribution in [0.1, 0.15) is 0 Å². The Bertz CT molecular complexity index is 1200. The highest BCUT2D eigenvalue weighted by atomic mass is 35.5. The summed E-state index contributed by atoms with van der Waals surface area (Å²) in [6.45, 7) is 0. The Morgan fingerprint density at radius 2 is 1.87 bits per heavy atom. The number of fused-ring (bicyclic) bond motifs is 1. The lowest BCUT2D eigenvalue weighted by molar-refractivity contribution is 0.260. The van der Waals surface area contributed by atoms with Gasteiger partial charge in [-0.25, -0.2) is 24.1 Å². The maximum Gasteiger partial charge on any atom is 0.336 e. The van der Waals surface area contributed by atoms with Gasteiger partial charge in [0.1, 0.15) is 11.6 Å². The molecule has 8 nitrogen and oxygen atoms in total. The molecule has 4 rings (SSSR count). The number of methoxy groups -OCH3 is 1. The molecular weight excluding hydrogens is 447 g/mol. The lowest BCUT2D eigenvalue weighted by Crippen LogP contribution is -2.27. The topological polar surface area (TPSA) is 96.0 Å². The second-order valence-electron chi connectivity index (χ2n) is 6.10. The molecule has 0 aliphatic heterocycles. The van der Waals surface area contributed by atoms with E-state index in [0.717, 1.165) is 4.31 Å². The van der Waals surface area contributed by atoms with Crippen LogP contribution in [-0.4, -0.2) is 33.1 Å². The van der Waals surface area contributed by atoms with E-state index in [0.29, 0.717) is 49.9 Å². The van der Waals surface area contributed by atoms with E-state index in [2.05, 4.69) is 38.1 Å². The quantitative estimate of drug-likeness (QED) is 0.362. The van der Waals surface area contributed by atoms with Crippen LogP contribution in [0.15, 0.2) is 48.8 Å². The highest BCUT2D eigenvalue weighted by molar-refractivity contribution is 7.82. The first kappa shape index (κ1) is 20.3. The van der Waals surface area contributed by atoms with Gasteiger partial charge in [0.15, 0.2) is 11.3 Å². The monoisotopic (exact) mass is 460 g/mol. The Morgan fingerprint density at radius 1 is 1.13 bits per heavy atom. The minimum atomic E-state index is -0.528. The van der Waals surface area contributed by atoms with E-state index in [9.17, 15) is 4.79 Å². The molecule has 2 aromatic carbocycles. The fraction of sp³-hybridized carbons (Fsp3) is 0.0526. The van der Waals surface area contributed by atoms with Crippen LogP contribution in [0.2, 0.25) is 10.0 Å². The number of rotatable bonds is 4. The largest absolute Gasteiger partial charge is 0.495 e. The number of hydrogen-bond donors (Lipinski definition) is 3. The van der Waals surface area contributed by atoms with Gasteiger partial charge in [-0.3, -0.25) is 0 Å². The average molecular weight is 461 g/mol. The van der Waals surface area contributed by atoms with E-state index in [1.54, 1.807) is 48.8 Å². The number of amides is 2. The molecule has 0 atom stereocenters. The Hall–Kier alpha value is -3.01. The van der Waals surface area contributed by atoms with Crippen LogP contribution < -0.4 is 14.4 Å². The number of benzene rings is 2. The van der Waals surface area contributed by atoms with Crippen molar-refractivity contribution in [3.63, 3.8) is 0 Å². The molecule has 2 amide bonds. The van der Waals surface area contributed by atoms with E-state index in [4.69, 9.17) is 27.9 Å². The summed E-state index contributed by atoms with van der Waals surface area (Å²) >= 11 is 16.3. The number of nitrogens with one attached hydrogen (secondary N) is 2. The number of carbonyl (C=O) groups excluding carboxylic acids is 1. The van der Waals surface area contributed by atoms with Crippen molar-refractivity contribution in [2.45, 2.75) is 0 Å². The second-order valence-corrected chi connectivity index (χ2v) is 7.37. The average Bonchev–Trinajstić information content (AvgIpc) is 3.16. The number of H-pyrrole nitrogens is 1. The van der Waals surface area contributed by atoms with Gasteiger partial charge in [0.05, 0.1) is 18.5 Å². The molecule has 4 aromatic rings. The van der Waals surface area contributed by atoms with E-state index >= 15 is 0 Å². The van der Waals surface area contributed by atoms with Gasteiger partial charge in [-0.05, 0) is 36.4 Å². The summed E-state index contributed by atoms with van der Waals surface area (Å²) in [6, 6.07) is 9.43. The van der Waals surface area contributed by atoms with Crippen molar-refractivity contribution in [3.05, 3.63) is 58.8 Å².